The van der Waals surface area contributed by atoms with Crippen LogP contribution in [0.25, 0.3) is 22.4 Å². The Morgan fingerprint density at radius 2 is 1.43 bits per heavy atom. The van der Waals surface area contributed by atoms with Gasteiger partial charge in [0.25, 0.3) is 10.0 Å². The predicted octanol–water partition coefficient (Wildman–Crippen LogP) is 6.66. The predicted molar refractivity (Wildman–Crippen MR) is 147 cm³/mol. The summed E-state index contributed by atoms with van der Waals surface area (Å²) in [6.45, 7) is 3.93. The second-order valence-electron chi connectivity index (χ2n) is 9.62. The number of nitrogens with one attached hydrogen (secondary N) is 1. The number of sulfonamides is 1. The minimum atomic E-state index is -3.93. The molecule has 190 valence electrons. The molecule has 5 rings (SSSR count). The highest BCUT2D eigenvalue weighted by Gasteiger charge is 2.24. The number of hydrogen-bond acceptors (Lipinski definition) is 5. The first-order valence-corrected chi connectivity index (χ1v) is 14.2. The molecule has 1 aliphatic rings. The van der Waals surface area contributed by atoms with Crippen molar-refractivity contribution < 1.29 is 12.8 Å². The second-order valence-corrected chi connectivity index (χ2v) is 11.3. The molecule has 1 saturated carbocycles. The average molecular weight is 514 g/mol. The summed E-state index contributed by atoms with van der Waals surface area (Å²) in [4.78, 5) is 9.82. The Balaban J connectivity index is 1.73. The number of benzene rings is 3. The Hall–Kier alpha value is -3.71. The highest BCUT2D eigenvalue weighted by molar-refractivity contribution is 7.92. The zero-order valence-corrected chi connectivity index (χ0v) is 22.0. The summed E-state index contributed by atoms with van der Waals surface area (Å²) in [6.07, 6.45) is 5.39. The minimum absolute atomic E-state index is 0.104. The van der Waals surface area contributed by atoms with Gasteiger partial charge in [-0.1, -0.05) is 97.1 Å². The number of anilines is 1. The molecule has 0 unspecified atom stereocenters. The van der Waals surface area contributed by atoms with Crippen LogP contribution in [0.3, 0.4) is 0 Å². The molecular weight excluding hydrogens is 482 g/mol. The molecule has 7 heteroatoms. The van der Waals surface area contributed by atoms with Crippen LogP contribution in [-0.4, -0.2) is 19.4 Å². The number of hydrogen-bond donors (Lipinski definition) is 1. The number of aromatic nitrogens is 1. The summed E-state index contributed by atoms with van der Waals surface area (Å²) in [5.41, 5.74) is 5.10. The molecule has 1 aromatic heterocycles. The minimum Gasteiger partial charge on any atom is -0.406 e. The zero-order chi connectivity index (χ0) is 25.8. The Bertz CT molecular complexity index is 1540. The highest BCUT2D eigenvalue weighted by atomic mass is 32.2. The van der Waals surface area contributed by atoms with E-state index in [2.05, 4.69) is 4.72 Å². The van der Waals surface area contributed by atoms with Crippen LogP contribution in [0.2, 0.25) is 0 Å². The van der Waals surface area contributed by atoms with Crippen LogP contribution in [0.4, 0.5) is 5.88 Å². The van der Waals surface area contributed by atoms with Crippen molar-refractivity contribution in [2.24, 2.45) is 4.99 Å². The van der Waals surface area contributed by atoms with Gasteiger partial charge >= 0.3 is 5.68 Å². The molecule has 3 aromatic carbocycles. The molecule has 0 atom stereocenters. The zero-order valence-electron chi connectivity index (χ0n) is 21.1. The molecule has 1 aliphatic carbocycles. The van der Waals surface area contributed by atoms with Crippen LogP contribution in [0.15, 0.2) is 93.2 Å². The first-order chi connectivity index (χ1) is 17.9. The van der Waals surface area contributed by atoms with Crippen LogP contribution in [0, 0.1) is 13.8 Å². The Morgan fingerprint density at radius 3 is 2.08 bits per heavy atom. The summed E-state index contributed by atoms with van der Waals surface area (Å²) in [7, 11) is -3.93. The van der Waals surface area contributed by atoms with Gasteiger partial charge in [0.15, 0.2) is 0 Å². The third-order valence-electron chi connectivity index (χ3n) is 6.68. The van der Waals surface area contributed by atoms with E-state index in [4.69, 9.17) is 14.4 Å². The van der Waals surface area contributed by atoms with Crippen LogP contribution >= 0.6 is 0 Å². The lowest BCUT2D eigenvalue weighted by Crippen LogP contribution is -2.21. The SMILES string of the molecule is Cc1ccc(-c2c(-c3ccccc3)nc(=NC3CCCCC3)oc2NS(=O)(=O)c2ccc(C)cc2)cc1. The third-order valence-corrected chi connectivity index (χ3v) is 8.03. The van der Waals surface area contributed by atoms with E-state index >= 15 is 0 Å². The van der Waals surface area contributed by atoms with E-state index in [0.717, 1.165) is 47.9 Å². The lowest BCUT2D eigenvalue weighted by Gasteiger charge is -2.18. The van der Waals surface area contributed by atoms with E-state index in [1.165, 1.54) is 6.42 Å². The molecule has 4 aromatic rings. The van der Waals surface area contributed by atoms with Gasteiger partial charge in [-0.2, -0.15) is 4.98 Å². The van der Waals surface area contributed by atoms with Crippen molar-refractivity contribution in [3.8, 4) is 22.4 Å². The Kier molecular flexibility index (Phi) is 7.24. The van der Waals surface area contributed by atoms with Gasteiger partial charge < -0.3 is 4.42 Å². The van der Waals surface area contributed by atoms with Gasteiger partial charge in [-0.15, -0.1) is 0 Å². The summed E-state index contributed by atoms with van der Waals surface area (Å²) < 4.78 is 35.9. The van der Waals surface area contributed by atoms with Crippen molar-refractivity contribution in [2.75, 3.05) is 4.72 Å². The van der Waals surface area contributed by atoms with E-state index in [0.29, 0.717) is 11.3 Å². The van der Waals surface area contributed by atoms with E-state index in [1.807, 2.05) is 68.4 Å². The molecule has 0 aliphatic heterocycles. The second kappa shape index (κ2) is 10.7. The smallest absolute Gasteiger partial charge is 0.319 e. The molecule has 1 N–H and O–H groups in total. The standard InChI is InChI=1S/C30H31N3O3S/c1-21-13-17-23(18-14-21)27-28(24-9-5-3-6-10-24)32-30(31-25-11-7-4-8-12-25)36-29(27)33-37(34,35)26-19-15-22(2)16-20-26/h3,5-6,9-10,13-20,25,33H,4,7-8,11-12H2,1-2H3. The van der Waals surface area contributed by atoms with Crippen molar-refractivity contribution >= 4 is 15.9 Å². The maximum absolute atomic E-state index is 13.5. The van der Waals surface area contributed by atoms with E-state index in [-0.39, 0.29) is 22.5 Å². The van der Waals surface area contributed by atoms with E-state index in [1.54, 1.807) is 24.3 Å². The van der Waals surface area contributed by atoms with Gasteiger partial charge in [0.1, 0.15) is 0 Å². The number of rotatable bonds is 6. The van der Waals surface area contributed by atoms with Gasteiger partial charge in [-0.25, -0.2) is 18.1 Å². The molecule has 37 heavy (non-hydrogen) atoms. The lowest BCUT2D eigenvalue weighted by atomic mass is 9.96. The van der Waals surface area contributed by atoms with Crippen LogP contribution < -0.4 is 10.4 Å². The van der Waals surface area contributed by atoms with Crippen molar-refractivity contribution in [1.82, 2.24) is 4.98 Å². The number of aryl methyl sites for hydroxylation is 2. The summed E-state index contributed by atoms with van der Waals surface area (Å²) >= 11 is 0. The molecule has 0 amide bonds. The van der Waals surface area contributed by atoms with Gasteiger partial charge in [0.05, 0.1) is 22.2 Å². The Labute approximate surface area is 218 Å². The van der Waals surface area contributed by atoms with Crippen LogP contribution in [0.5, 0.6) is 0 Å². The van der Waals surface area contributed by atoms with Crippen molar-refractivity contribution in [3.05, 3.63) is 95.7 Å². The fourth-order valence-electron chi connectivity index (χ4n) is 4.61. The quantitative estimate of drug-likeness (QED) is 0.312. The molecular formula is C30H31N3O3S. The van der Waals surface area contributed by atoms with Gasteiger partial charge in [-0.05, 0) is 44.4 Å². The molecule has 1 heterocycles. The third kappa shape index (κ3) is 5.83. The topological polar surface area (TPSA) is 84.6 Å². The first kappa shape index (κ1) is 25.0. The van der Waals surface area contributed by atoms with Crippen molar-refractivity contribution in [3.63, 3.8) is 0 Å². The first-order valence-electron chi connectivity index (χ1n) is 12.7. The van der Waals surface area contributed by atoms with E-state index < -0.39 is 10.0 Å². The fraction of sp³-hybridized carbons (Fsp3) is 0.267. The fourth-order valence-corrected chi connectivity index (χ4v) is 5.61. The molecule has 0 spiro atoms. The molecule has 6 nitrogen and oxygen atoms in total. The normalized spacial score (nSPS) is 15.0. The summed E-state index contributed by atoms with van der Waals surface area (Å²) in [6, 6.07) is 24.5. The maximum Gasteiger partial charge on any atom is 0.319 e. The highest BCUT2D eigenvalue weighted by Crippen LogP contribution is 2.36. The molecule has 0 bridgehead atoms. The van der Waals surface area contributed by atoms with Crippen LogP contribution in [-0.2, 0) is 10.0 Å². The Morgan fingerprint density at radius 1 is 0.811 bits per heavy atom. The average Bonchev–Trinajstić information content (AvgIpc) is 2.90. The molecule has 0 saturated heterocycles. The van der Waals surface area contributed by atoms with Crippen LogP contribution in [0.1, 0.15) is 43.2 Å². The van der Waals surface area contributed by atoms with Gasteiger partial charge in [-0.3, -0.25) is 0 Å². The molecule has 1 fully saturated rings. The number of nitrogens with zero attached hydrogens (tertiary/aromatic N) is 2. The van der Waals surface area contributed by atoms with Gasteiger partial charge in [0.2, 0.25) is 5.88 Å². The van der Waals surface area contributed by atoms with Crippen molar-refractivity contribution in [1.29, 1.82) is 0 Å². The monoisotopic (exact) mass is 513 g/mol. The lowest BCUT2D eigenvalue weighted by molar-refractivity contribution is 0.403. The summed E-state index contributed by atoms with van der Waals surface area (Å²) in [5.74, 6) is 0.104. The molecule has 0 radical (unpaired) electrons. The largest absolute Gasteiger partial charge is 0.406 e. The van der Waals surface area contributed by atoms with Gasteiger partial charge in [0, 0.05) is 5.56 Å². The maximum atomic E-state index is 13.5. The van der Waals surface area contributed by atoms with Crippen molar-refractivity contribution in [2.45, 2.75) is 56.9 Å². The summed E-state index contributed by atoms with van der Waals surface area (Å²) in [5, 5.41) is 0. The van der Waals surface area contributed by atoms with E-state index in [9.17, 15) is 8.42 Å².